The molecule has 1 aliphatic carbocycles. The van der Waals surface area contributed by atoms with Gasteiger partial charge in [0.25, 0.3) is 16.1 Å². The second kappa shape index (κ2) is 30.6. The van der Waals surface area contributed by atoms with Crippen molar-refractivity contribution < 1.29 is 227 Å². The second-order valence-electron chi connectivity index (χ2n) is 14.7. The van der Waals surface area contributed by atoms with Crippen LogP contribution in [0.3, 0.4) is 0 Å². The molecule has 402 valence electrons. The van der Waals surface area contributed by atoms with Crippen LogP contribution in [0.25, 0.3) is 0 Å². The summed E-state index contributed by atoms with van der Waals surface area (Å²) in [6.07, 6.45) is -0.403. The van der Waals surface area contributed by atoms with E-state index in [-0.39, 0.29) is 159 Å². The number of aliphatic imine (C=N–C) groups is 1. The number of anilines is 6. The molecular weight excluding hydrogens is 1290 g/mol. The standard InChI is InChI=1S/C38H28Cl2N14O18S5.5Na/c39-33-45-35(41-18-7-4-8-19(11-18)73(58,59)60)49-36(46-33)42-24-15-29(77(70,71)72)25(16-28(24)76(67,68)69)43-37-47-34(40)48-38(50-37)44-26-13-21(75(64,65)66)14-27(30(26)55)52-54-31(17-5-2-1-3-6-17)53-51-23-10-9-20(74(61,62)63)12-22(23)32(56)57;;;;;/h1-16,31,52,54H,(H,56,57)(H,58,59,60)(H,61,62,63)(H,64,65,66)(H,67,68,69)(H,70,71,72)(H,43,47,48,50)(H2,41,42,45,46,49);;;;;/q;5*+1/p-5. The van der Waals surface area contributed by atoms with E-state index in [1.165, 1.54) is 36.4 Å². The largest absolute Gasteiger partial charge is 1.00 e. The minimum Gasteiger partial charge on any atom is -0.744 e. The zero-order valence-electron chi connectivity index (χ0n) is 42.0. The van der Waals surface area contributed by atoms with Gasteiger partial charge in [0.1, 0.15) is 51.9 Å². The van der Waals surface area contributed by atoms with Crippen molar-refractivity contribution in [2.75, 3.05) is 16.0 Å². The first-order chi connectivity index (χ1) is 35.8. The number of carboxylic acid groups (broad SMARTS) is 1. The van der Waals surface area contributed by atoms with Crippen LogP contribution in [-0.2, 0) is 55.4 Å². The number of nitrogens with zero attached hydrogens (tertiary/aromatic N) is 9. The Labute approximate surface area is 584 Å². The number of carboxylic acids is 1. The van der Waals surface area contributed by atoms with Crippen molar-refractivity contribution in [1.29, 1.82) is 0 Å². The first kappa shape index (κ1) is 75.2. The summed E-state index contributed by atoms with van der Waals surface area (Å²) in [5.74, 6) is -6.15. The van der Waals surface area contributed by atoms with Crippen LogP contribution in [-0.4, -0.2) is 112 Å². The van der Waals surface area contributed by atoms with E-state index in [4.69, 9.17) is 23.2 Å². The normalized spacial score (nSPS) is 13.5. The van der Waals surface area contributed by atoms with Crippen molar-refractivity contribution in [3.05, 3.63) is 129 Å². The molecule has 0 spiro atoms. The number of Topliss-reactive ketones (excluding diaryl/α,β-unsaturated/α-hetero) is 1. The summed E-state index contributed by atoms with van der Waals surface area (Å²) in [5.41, 5.74) is 0.0285. The third kappa shape index (κ3) is 20.3. The number of benzene rings is 4. The van der Waals surface area contributed by atoms with Gasteiger partial charge in [-0.05, 0) is 89.4 Å². The van der Waals surface area contributed by atoms with Crippen LogP contribution in [0.1, 0.15) is 22.1 Å². The average Bonchev–Trinajstić information content (AvgIpc) is 3.31. The predicted octanol–water partition coefficient (Wildman–Crippen LogP) is -13.5. The molecule has 6 aromatic rings. The van der Waals surface area contributed by atoms with Crippen molar-refractivity contribution >= 4 is 138 Å². The molecule has 7 rings (SSSR count). The monoisotopic (exact) mass is 1310 g/mol. The minimum absolute atomic E-state index is 0. The molecule has 2 heterocycles. The van der Waals surface area contributed by atoms with Crippen molar-refractivity contribution in [3.8, 4) is 0 Å². The molecule has 0 aliphatic heterocycles. The summed E-state index contributed by atoms with van der Waals surface area (Å²) in [5, 5.41) is 25.1. The van der Waals surface area contributed by atoms with Crippen LogP contribution >= 0.6 is 23.2 Å². The average molecular weight is 1310 g/mol. The molecule has 0 saturated carbocycles. The molecule has 1 atom stereocenters. The van der Waals surface area contributed by atoms with Gasteiger partial charge in [0.05, 0.1) is 47.5 Å². The number of nitrogens with one attached hydrogen (secondary N) is 5. The number of hydrogen-bond donors (Lipinski definition) is 6. The van der Waals surface area contributed by atoms with Crippen molar-refractivity contribution in [2.45, 2.75) is 25.7 Å². The van der Waals surface area contributed by atoms with Crippen molar-refractivity contribution in [1.82, 2.24) is 40.8 Å². The van der Waals surface area contributed by atoms with Gasteiger partial charge in [0.15, 0.2) is 6.17 Å². The van der Waals surface area contributed by atoms with Gasteiger partial charge in [0.2, 0.25) is 34.2 Å². The molecule has 4 aromatic carbocycles. The van der Waals surface area contributed by atoms with Crippen LogP contribution < -0.4 is 180 Å². The molecule has 1 aliphatic rings. The van der Waals surface area contributed by atoms with Crippen LogP contribution in [0.4, 0.5) is 46.5 Å². The van der Waals surface area contributed by atoms with E-state index >= 15 is 0 Å². The Morgan fingerprint density at radius 3 is 1.67 bits per heavy atom. The van der Waals surface area contributed by atoms with Crippen molar-refractivity contribution in [2.24, 2.45) is 15.2 Å². The van der Waals surface area contributed by atoms with Gasteiger partial charge in [-0.3, -0.25) is 9.35 Å². The number of ketones is 1. The molecule has 32 nitrogen and oxygen atoms in total. The van der Waals surface area contributed by atoms with E-state index in [1.54, 1.807) is 6.07 Å². The SMILES string of the molecule is O=C1C(NNC(N=Nc2ccc(S(=O)(=O)[O-])cc2C(=O)[O-])c2ccccc2)=CC(S(=O)(=O)[O-])=CC1=Nc1nc(Cl)nc(Nc2cc(S(=O)(=O)[O-])c(Nc3nc(Cl)nc(Nc4cccc(S(=O)(=O)O)c4)n3)cc2S(=O)(=O)[O-])n1.[Na+].[Na+].[Na+].[Na+].[Na+]. The number of halogens is 2. The summed E-state index contributed by atoms with van der Waals surface area (Å²) in [6, 6.07) is 14.7. The molecule has 0 saturated heterocycles. The number of rotatable bonds is 19. The maximum atomic E-state index is 13.8. The Kier molecular flexibility index (Phi) is 28.1. The summed E-state index contributed by atoms with van der Waals surface area (Å²) >= 11 is 12.1. The zero-order chi connectivity index (χ0) is 56.4. The van der Waals surface area contributed by atoms with E-state index in [9.17, 15) is 79.5 Å². The van der Waals surface area contributed by atoms with Gasteiger partial charge < -0.3 is 49.5 Å². The van der Waals surface area contributed by atoms with E-state index in [0.29, 0.717) is 30.4 Å². The molecule has 82 heavy (non-hydrogen) atoms. The fourth-order valence-corrected chi connectivity index (χ4v) is 9.34. The molecule has 0 radical (unpaired) electrons. The Balaban J connectivity index is 0.00000459. The summed E-state index contributed by atoms with van der Waals surface area (Å²) in [7, 11) is -26.6. The Morgan fingerprint density at radius 1 is 0.598 bits per heavy atom. The third-order valence-electron chi connectivity index (χ3n) is 9.47. The minimum atomic E-state index is -5.71. The maximum absolute atomic E-state index is 13.8. The number of aromatic carboxylic acids is 1. The molecule has 1 unspecified atom stereocenters. The summed E-state index contributed by atoms with van der Waals surface area (Å²) in [4.78, 5) is 46.9. The first-order valence-corrected chi connectivity index (χ1v) is 27.8. The summed E-state index contributed by atoms with van der Waals surface area (Å²) in [6.45, 7) is 0. The molecule has 2 aromatic heterocycles. The molecule has 0 amide bonds. The molecule has 0 fully saturated rings. The number of aromatic nitrogens is 6. The number of hydrogen-bond acceptors (Lipinski definition) is 31. The van der Waals surface area contributed by atoms with E-state index in [2.05, 4.69) is 71.9 Å². The molecule has 0 bridgehead atoms. The Bertz CT molecular complexity index is 4190. The van der Waals surface area contributed by atoms with E-state index in [1.807, 2.05) is 0 Å². The van der Waals surface area contributed by atoms with Gasteiger partial charge in [-0.15, -0.1) is 0 Å². The van der Waals surface area contributed by atoms with Crippen molar-refractivity contribution in [3.63, 3.8) is 0 Å². The van der Waals surface area contributed by atoms with Crippen LogP contribution in [0.5, 0.6) is 0 Å². The Hall–Kier alpha value is -2.92. The quantitative estimate of drug-likeness (QED) is 0.0144. The first-order valence-electron chi connectivity index (χ1n) is 19.9. The number of azo groups is 1. The van der Waals surface area contributed by atoms with Gasteiger partial charge in [-0.1, -0.05) is 36.4 Å². The van der Waals surface area contributed by atoms with Gasteiger partial charge >= 0.3 is 148 Å². The topological polar surface area (TPSA) is 515 Å². The third-order valence-corrected chi connectivity index (χ3v) is 14.1. The van der Waals surface area contributed by atoms with Crippen LogP contribution in [0.2, 0.25) is 10.6 Å². The fourth-order valence-electron chi connectivity index (χ4n) is 6.20. The predicted molar refractivity (Wildman–Crippen MR) is 255 cm³/mol. The van der Waals surface area contributed by atoms with Gasteiger partial charge in [-0.25, -0.2) is 44.1 Å². The van der Waals surface area contributed by atoms with E-state index in [0.717, 1.165) is 24.3 Å². The molecular formula is C38H23Cl2N14Na5O18S5. The molecule has 44 heteroatoms. The molecule has 6 N–H and O–H groups in total. The zero-order valence-corrected chi connectivity index (χ0v) is 57.6. The Morgan fingerprint density at radius 2 is 1.15 bits per heavy atom. The van der Waals surface area contributed by atoms with Gasteiger partial charge in [0, 0.05) is 11.3 Å². The van der Waals surface area contributed by atoms with Crippen LogP contribution in [0, 0.1) is 0 Å². The fraction of sp³-hybridized carbons (Fsp3) is 0.0263. The number of carbonyl (C=O) groups is 2. The second-order valence-corrected chi connectivity index (χ2v) is 22.3. The smallest absolute Gasteiger partial charge is 0.744 e. The number of allylic oxidation sites excluding steroid dienone is 3. The van der Waals surface area contributed by atoms with Crippen LogP contribution in [0.15, 0.2) is 142 Å². The number of hydrazine groups is 1. The maximum Gasteiger partial charge on any atom is 1.00 e. The number of carbonyl (C=O) groups excluding carboxylic acids is 2. The summed E-state index contributed by atoms with van der Waals surface area (Å²) < 4.78 is 180. The van der Waals surface area contributed by atoms with E-state index < -0.39 is 161 Å². The van der Waals surface area contributed by atoms with Gasteiger partial charge in [-0.2, -0.15) is 48.6 Å².